The summed E-state index contributed by atoms with van der Waals surface area (Å²) in [4.78, 5) is 5.19. The second kappa shape index (κ2) is 5.10. The van der Waals surface area contributed by atoms with Gasteiger partial charge in [-0.15, -0.1) is 11.3 Å². The van der Waals surface area contributed by atoms with E-state index in [9.17, 15) is 0 Å². The first-order valence-corrected chi connectivity index (χ1v) is 6.29. The van der Waals surface area contributed by atoms with Crippen LogP contribution in [-0.2, 0) is 6.54 Å². The minimum absolute atomic E-state index is 0.429. The van der Waals surface area contributed by atoms with E-state index in [2.05, 4.69) is 38.4 Å². The topological polar surface area (TPSA) is 48.7 Å². The highest BCUT2D eigenvalue weighted by molar-refractivity contribution is 9.10. The smallest absolute Gasteiger partial charge is 0.163 e. The average Bonchev–Trinajstić information content (AvgIpc) is 2.73. The molecule has 2 aromatic rings. The van der Waals surface area contributed by atoms with Gasteiger partial charge in [0.15, 0.2) is 5.69 Å². The number of hydrogen-bond acceptors (Lipinski definition) is 4. The molecule has 3 nitrogen and oxygen atoms in total. The summed E-state index contributed by atoms with van der Waals surface area (Å²) < 4.78 is 1.08. The van der Waals surface area contributed by atoms with E-state index in [4.69, 9.17) is 5.26 Å². The molecule has 2 heterocycles. The highest BCUT2D eigenvalue weighted by atomic mass is 79.9. The summed E-state index contributed by atoms with van der Waals surface area (Å²) in [6.07, 6.45) is 1.62. The minimum atomic E-state index is 0.429. The van der Waals surface area contributed by atoms with Crippen LogP contribution in [0.1, 0.15) is 10.6 Å². The molecule has 2 rings (SSSR count). The van der Waals surface area contributed by atoms with Crippen molar-refractivity contribution in [3.05, 3.63) is 44.8 Å². The van der Waals surface area contributed by atoms with Gasteiger partial charge in [0, 0.05) is 27.5 Å². The van der Waals surface area contributed by atoms with Gasteiger partial charge in [-0.05, 0) is 34.1 Å². The summed E-state index contributed by atoms with van der Waals surface area (Å²) in [7, 11) is 0. The van der Waals surface area contributed by atoms with Crippen molar-refractivity contribution in [3.63, 3.8) is 0 Å². The van der Waals surface area contributed by atoms with Crippen LogP contribution in [0.25, 0.3) is 0 Å². The molecule has 0 aromatic carbocycles. The van der Waals surface area contributed by atoms with Gasteiger partial charge < -0.3 is 5.32 Å². The predicted octanol–water partition coefficient (Wildman–Crippen LogP) is 3.39. The normalized spacial score (nSPS) is 9.75. The van der Waals surface area contributed by atoms with Gasteiger partial charge in [0.25, 0.3) is 0 Å². The Morgan fingerprint density at radius 1 is 1.56 bits per heavy atom. The molecular weight excluding hydrogens is 286 g/mol. The number of nitrogens with zero attached hydrogens (tertiary/aromatic N) is 2. The summed E-state index contributed by atoms with van der Waals surface area (Å²) in [5.74, 6) is 0. The molecule has 2 aromatic heterocycles. The minimum Gasteiger partial charge on any atom is -0.378 e. The maximum absolute atomic E-state index is 8.86. The van der Waals surface area contributed by atoms with Crippen LogP contribution < -0.4 is 5.32 Å². The van der Waals surface area contributed by atoms with Crippen molar-refractivity contribution in [3.8, 4) is 6.07 Å². The maximum Gasteiger partial charge on any atom is 0.163 e. The number of nitriles is 1. The quantitative estimate of drug-likeness (QED) is 0.944. The Balaban J connectivity index is 2.08. The zero-order valence-electron chi connectivity index (χ0n) is 8.27. The summed E-state index contributed by atoms with van der Waals surface area (Å²) in [6.45, 7) is 0.705. The Morgan fingerprint density at radius 3 is 3.12 bits per heavy atom. The van der Waals surface area contributed by atoms with E-state index in [-0.39, 0.29) is 0 Å². The number of pyridine rings is 1. The molecule has 0 fully saturated rings. The van der Waals surface area contributed by atoms with Gasteiger partial charge in [-0.1, -0.05) is 0 Å². The average molecular weight is 294 g/mol. The summed E-state index contributed by atoms with van der Waals surface area (Å²) in [5, 5.41) is 14.1. The Kier molecular flexibility index (Phi) is 3.54. The Bertz CT molecular complexity index is 530. The third kappa shape index (κ3) is 2.60. The van der Waals surface area contributed by atoms with Crippen LogP contribution in [0.15, 0.2) is 34.2 Å². The number of rotatable bonds is 3. The van der Waals surface area contributed by atoms with E-state index in [1.165, 1.54) is 4.88 Å². The molecule has 80 valence electrons. The van der Waals surface area contributed by atoms with Crippen LogP contribution in [0, 0.1) is 11.3 Å². The highest BCUT2D eigenvalue weighted by Gasteiger charge is 2.02. The van der Waals surface area contributed by atoms with E-state index in [0.29, 0.717) is 12.2 Å². The fourth-order valence-corrected chi connectivity index (χ4v) is 2.66. The Labute approximate surface area is 106 Å². The van der Waals surface area contributed by atoms with Gasteiger partial charge in [0.2, 0.25) is 0 Å². The van der Waals surface area contributed by atoms with E-state index in [1.807, 2.05) is 17.5 Å². The fraction of sp³-hybridized carbons (Fsp3) is 0.0909. The van der Waals surface area contributed by atoms with Crippen molar-refractivity contribution in [2.45, 2.75) is 6.54 Å². The Hall–Kier alpha value is -1.38. The van der Waals surface area contributed by atoms with E-state index < -0.39 is 0 Å². The number of halogens is 1. The zero-order chi connectivity index (χ0) is 11.4. The van der Waals surface area contributed by atoms with E-state index >= 15 is 0 Å². The maximum atomic E-state index is 8.86. The summed E-state index contributed by atoms with van der Waals surface area (Å²) >= 11 is 5.07. The third-order valence-electron chi connectivity index (χ3n) is 1.99. The number of anilines is 1. The number of hydrogen-bond donors (Lipinski definition) is 1. The van der Waals surface area contributed by atoms with Gasteiger partial charge in [0.05, 0.1) is 5.69 Å². The molecule has 0 bridgehead atoms. The molecular formula is C11H8BrN3S. The number of aromatic nitrogens is 1. The van der Waals surface area contributed by atoms with Crippen LogP contribution in [0.4, 0.5) is 5.69 Å². The lowest BCUT2D eigenvalue weighted by atomic mass is 10.3. The molecule has 0 radical (unpaired) electrons. The van der Waals surface area contributed by atoms with Gasteiger partial charge in [0.1, 0.15) is 6.07 Å². The van der Waals surface area contributed by atoms with Gasteiger partial charge >= 0.3 is 0 Å². The number of nitrogens with one attached hydrogen (secondary N) is 1. The third-order valence-corrected chi connectivity index (χ3v) is 3.69. The van der Waals surface area contributed by atoms with Crippen molar-refractivity contribution in [2.24, 2.45) is 0 Å². The first-order valence-electron chi connectivity index (χ1n) is 4.61. The predicted molar refractivity (Wildman–Crippen MR) is 68.3 cm³/mol. The highest BCUT2D eigenvalue weighted by Crippen LogP contribution is 2.21. The van der Waals surface area contributed by atoms with Crippen molar-refractivity contribution in [2.75, 3.05) is 5.32 Å². The molecule has 5 heteroatoms. The molecule has 0 saturated carbocycles. The zero-order valence-corrected chi connectivity index (χ0v) is 10.7. The first-order chi connectivity index (χ1) is 7.79. The van der Waals surface area contributed by atoms with E-state index in [0.717, 1.165) is 10.2 Å². The standard InChI is InChI=1S/C11H8BrN3S/c12-8-4-9(16-7-8)6-15-10-2-1-3-14-11(10)5-13/h1-4,7,15H,6H2. The van der Waals surface area contributed by atoms with Crippen LogP contribution in [0.3, 0.4) is 0 Å². The molecule has 0 aliphatic heterocycles. The summed E-state index contributed by atoms with van der Waals surface area (Å²) in [6, 6.07) is 7.78. The van der Waals surface area contributed by atoms with Gasteiger partial charge in [-0.3, -0.25) is 0 Å². The molecule has 0 saturated heterocycles. The van der Waals surface area contributed by atoms with Crippen LogP contribution in [0.2, 0.25) is 0 Å². The molecule has 0 spiro atoms. The fourth-order valence-electron chi connectivity index (χ4n) is 1.27. The molecule has 0 aliphatic rings. The summed E-state index contributed by atoms with van der Waals surface area (Å²) in [5.41, 5.74) is 1.20. The first kappa shape index (κ1) is 11.1. The van der Waals surface area contributed by atoms with Gasteiger partial charge in [-0.2, -0.15) is 5.26 Å². The molecule has 0 amide bonds. The SMILES string of the molecule is N#Cc1ncccc1NCc1cc(Br)cs1. The molecule has 0 atom stereocenters. The number of thiophene rings is 1. The van der Waals surface area contributed by atoms with Crippen LogP contribution in [0.5, 0.6) is 0 Å². The van der Waals surface area contributed by atoms with Crippen molar-refractivity contribution in [1.29, 1.82) is 5.26 Å². The second-order valence-electron chi connectivity index (χ2n) is 3.10. The Morgan fingerprint density at radius 2 is 2.44 bits per heavy atom. The van der Waals surface area contributed by atoms with Crippen molar-refractivity contribution >= 4 is 33.0 Å². The molecule has 1 N–H and O–H groups in total. The second-order valence-corrected chi connectivity index (χ2v) is 5.01. The monoisotopic (exact) mass is 293 g/mol. The van der Waals surface area contributed by atoms with Crippen molar-refractivity contribution in [1.82, 2.24) is 4.98 Å². The van der Waals surface area contributed by atoms with Crippen LogP contribution in [-0.4, -0.2) is 4.98 Å². The lowest BCUT2D eigenvalue weighted by molar-refractivity contribution is 1.16. The van der Waals surface area contributed by atoms with Crippen LogP contribution >= 0.6 is 27.3 Å². The van der Waals surface area contributed by atoms with Gasteiger partial charge in [-0.25, -0.2) is 4.98 Å². The molecule has 16 heavy (non-hydrogen) atoms. The van der Waals surface area contributed by atoms with Crippen molar-refractivity contribution < 1.29 is 0 Å². The molecule has 0 unspecified atom stereocenters. The largest absolute Gasteiger partial charge is 0.378 e. The lowest BCUT2D eigenvalue weighted by Gasteiger charge is -2.05. The molecule has 0 aliphatic carbocycles. The van der Waals surface area contributed by atoms with E-state index in [1.54, 1.807) is 17.5 Å². The lowest BCUT2D eigenvalue weighted by Crippen LogP contribution is -2.00.